The Labute approximate surface area is 95.5 Å². The third-order valence-electron chi connectivity index (χ3n) is 2.66. The average molecular weight is 219 g/mol. The molecule has 2 atom stereocenters. The van der Waals surface area contributed by atoms with Crippen LogP contribution in [-0.2, 0) is 0 Å². The van der Waals surface area contributed by atoms with Gasteiger partial charge in [-0.2, -0.15) is 0 Å². The van der Waals surface area contributed by atoms with Gasteiger partial charge >= 0.3 is 0 Å². The molecule has 2 aromatic heterocycles. The minimum atomic E-state index is 0.175. The van der Waals surface area contributed by atoms with Crippen molar-refractivity contribution in [1.29, 1.82) is 0 Å². The summed E-state index contributed by atoms with van der Waals surface area (Å²) in [5.41, 5.74) is 0. The molecule has 0 radical (unpaired) electrons. The van der Waals surface area contributed by atoms with E-state index in [0.29, 0.717) is 0 Å². The van der Waals surface area contributed by atoms with Crippen LogP contribution in [-0.4, -0.2) is 0 Å². The quantitative estimate of drug-likeness (QED) is 0.853. The van der Waals surface area contributed by atoms with Crippen LogP contribution in [0.15, 0.2) is 39.4 Å². The lowest BCUT2D eigenvalue weighted by Gasteiger charge is -2.16. The first-order chi connectivity index (χ1) is 7.66. The molecule has 16 heavy (non-hydrogen) atoms. The molecular weight excluding hydrogens is 202 g/mol. The topological polar surface area (TPSA) is 38.3 Å². The first-order valence-electron chi connectivity index (χ1n) is 5.52. The van der Waals surface area contributed by atoms with Crippen molar-refractivity contribution in [2.75, 3.05) is 0 Å². The summed E-state index contributed by atoms with van der Waals surface area (Å²) in [6.07, 6.45) is 1.69. The number of furan rings is 2. The summed E-state index contributed by atoms with van der Waals surface area (Å²) in [5.74, 6) is 2.83. The van der Waals surface area contributed by atoms with Gasteiger partial charge in [0.25, 0.3) is 0 Å². The first kappa shape index (κ1) is 11.0. The molecule has 0 saturated heterocycles. The van der Waals surface area contributed by atoms with Crippen LogP contribution in [0.25, 0.3) is 0 Å². The van der Waals surface area contributed by atoms with Gasteiger partial charge in [-0.3, -0.25) is 5.32 Å². The van der Waals surface area contributed by atoms with Gasteiger partial charge < -0.3 is 8.83 Å². The van der Waals surface area contributed by atoms with Crippen LogP contribution in [0.3, 0.4) is 0 Å². The van der Waals surface area contributed by atoms with Gasteiger partial charge in [0, 0.05) is 0 Å². The highest BCUT2D eigenvalue weighted by Gasteiger charge is 2.15. The van der Waals surface area contributed by atoms with Crippen molar-refractivity contribution >= 4 is 0 Å². The largest absolute Gasteiger partial charge is 0.468 e. The van der Waals surface area contributed by atoms with Crippen LogP contribution >= 0.6 is 0 Å². The second-order valence-corrected chi connectivity index (χ2v) is 4.07. The summed E-state index contributed by atoms with van der Waals surface area (Å²) < 4.78 is 10.9. The molecule has 2 unspecified atom stereocenters. The van der Waals surface area contributed by atoms with Gasteiger partial charge in [0.05, 0.1) is 18.3 Å². The number of rotatable bonds is 4. The molecule has 2 heterocycles. The van der Waals surface area contributed by atoms with Gasteiger partial charge in [-0.15, -0.1) is 0 Å². The van der Waals surface area contributed by atoms with E-state index in [0.717, 1.165) is 17.3 Å². The Morgan fingerprint density at radius 2 is 1.81 bits per heavy atom. The summed E-state index contributed by atoms with van der Waals surface area (Å²) in [7, 11) is 0. The number of nitrogens with one attached hydrogen (secondary N) is 1. The second-order valence-electron chi connectivity index (χ2n) is 4.07. The highest BCUT2D eigenvalue weighted by Crippen LogP contribution is 2.20. The molecule has 0 bridgehead atoms. The number of hydrogen-bond acceptors (Lipinski definition) is 3. The fraction of sp³-hybridized carbons (Fsp3) is 0.385. The van der Waals surface area contributed by atoms with Crippen molar-refractivity contribution in [1.82, 2.24) is 5.32 Å². The smallest absolute Gasteiger partial charge is 0.120 e. The van der Waals surface area contributed by atoms with Crippen LogP contribution < -0.4 is 5.32 Å². The molecule has 0 aliphatic carbocycles. The Kier molecular flexibility index (Phi) is 3.15. The molecule has 3 nitrogen and oxygen atoms in total. The van der Waals surface area contributed by atoms with Crippen molar-refractivity contribution in [3.8, 4) is 0 Å². The van der Waals surface area contributed by atoms with E-state index in [-0.39, 0.29) is 12.1 Å². The van der Waals surface area contributed by atoms with E-state index < -0.39 is 0 Å². The van der Waals surface area contributed by atoms with Gasteiger partial charge in [-0.05, 0) is 45.0 Å². The minimum Gasteiger partial charge on any atom is -0.468 e. The van der Waals surface area contributed by atoms with Crippen LogP contribution in [0.4, 0.5) is 0 Å². The maximum atomic E-state index is 5.57. The van der Waals surface area contributed by atoms with Crippen molar-refractivity contribution in [2.24, 2.45) is 0 Å². The number of aryl methyl sites for hydroxylation is 1. The second kappa shape index (κ2) is 4.58. The van der Waals surface area contributed by atoms with Crippen molar-refractivity contribution in [3.63, 3.8) is 0 Å². The van der Waals surface area contributed by atoms with Crippen molar-refractivity contribution in [2.45, 2.75) is 32.9 Å². The Hall–Kier alpha value is -1.48. The lowest BCUT2D eigenvalue weighted by molar-refractivity contribution is 0.361. The van der Waals surface area contributed by atoms with Gasteiger partial charge in [0.15, 0.2) is 0 Å². The van der Waals surface area contributed by atoms with E-state index in [1.807, 2.05) is 31.2 Å². The van der Waals surface area contributed by atoms with Crippen LogP contribution in [0.2, 0.25) is 0 Å². The Morgan fingerprint density at radius 3 is 2.38 bits per heavy atom. The molecule has 1 N–H and O–H groups in total. The monoisotopic (exact) mass is 219 g/mol. The molecule has 86 valence electrons. The maximum absolute atomic E-state index is 5.57. The molecule has 2 rings (SSSR count). The molecule has 0 saturated carbocycles. The summed E-state index contributed by atoms with van der Waals surface area (Å²) in [4.78, 5) is 0. The zero-order chi connectivity index (χ0) is 11.5. The molecule has 3 heteroatoms. The SMILES string of the molecule is Cc1ccc(C(C)NC(C)c2ccco2)o1. The normalized spacial score (nSPS) is 14.9. The van der Waals surface area contributed by atoms with Gasteiger partial charge in [-0.25, -0.2) is 0 Å². The van der Waals surface area contributed by atoms with Crippen LogP contribution in [0, 0.1) is 6.92 Å². The zero-order valence-corrected chi connectivity index (χ0v) is 9.86. The molecule has 0 amide bonds. The first-order valence-corrected chi connectivity index (χ1v) is 5.52. The molecule has 0 spiro atoms. The molecule has 0 fully saturated rings. The summed E-state index contributed by atoms with van der Waals surface area (Å²) in [6, 6.07) is 8.20. The van der Waals surface area contributed by atoms with E-state index >= 15 is 0 Å². The van der Waals surface area contributed by atoms with Gasteiger partial charge in [-0.1, -0.05) is 0 Å². The minimum absolute atomic E-state index is 0.175. The van der Waals surface area contributed by atoms with Crippen molar-refractivity contribution in [3.05, 3.63) is 47.8 Å². The highest BCUT2D eigenvalue weighted by molar-refractivity contribution is 5.10. The predicted octanol–water partition coefficient (Wildman–Crippen LogP) is 3.59. The predicted molar refractivity (Wildman–Crippen MR) is 62.1 cm³/mol. The number of hydrogen-bond donors (Lipinski definition) is 1. The summed E-state index contributed by atoms with van der Waals surface area (Å²) in [5, 5.41) is 3.42. The molecular formula is C13H17NO2. The standard InChI is InChI=1S/C13H17NO2/c1-9-6-7-13(16-9)11(3)14-10(2)12-5-4-8-15-12/h4-8,10-11,14H,1-3H3. The van der Waals surface area contributed by atoms with Crippen LogP contribution in [0.1, 0.15) is 43.2 Å². The van der Waals surface area contributed by atoms with Crippen molar-refractivity contribution < 1.29 is 8.83 Å². The Bertz CT molecular complexity index is 430. The van der Waals surface area contributed by atoms with E-state index in [9.17, 15) is 0 Å². The van der Waals surface area contributed by atoms with Crippen LogP contribution in [0.5, 0.6) is 0 Å². The van der Waals surface area contributed by atoms with Gasteiger partial charge in [0.1, 0.15) is 17.3 Å². The third kappa shape index (κ3) is 2.36. The maximum Gasteiger partial charge on any atom is 0.120 e. The van der Waals surface area contributed by atoms with E-state index in [4.69, 9.17) is 8.83 Å². The zero-order valence-electron chi connectivity index (χ0n) is 9.86. The summed E-state index contributed by atoms with van der Waals surface area (Å²) in [6.45, 7) is 6.11. The summed E-state index contributed by atoms with van der Waals surface area (Å²) >= 11 is 0. The van der Waals surface area contributed by atoms with Gasteiger partial charge in [0.2, 0.25) is 0 Å². The molecule has 2 aromatic rings. The fourth-order valence-corrected chi connectivity index (χ4v) is 1.76. The lowest BCUT2D eigenvalue weighted by atomic mass is 10.2. The molecule has 0 aliphatic rings. The average Bonchev–Trinajstić information content (AvgIpc) is 2.87. The highest BCUT2D eigenvalue weighted by atomic mass is 16.3. The van der Waals surface area contributed by atoms with E-state index in [2.05, 4.69) is 19.2 Å². The Balaban J connectivity index is 2.00. The lowest BCUT2D eigenvalue weighted by Crippen LogP contribution is -2.21. The molecule has 0 aliphatic heterocycles. The third-order valence-corrected chi connectivity index (χ3v) is 2.66. The Morgan fingerprint density at radius 1 is 1.06 bits per heavy atom. The van der Waals surface area contributed by atoms with E-state index in [1.165, 1.54) is 0 Å². The molecule has 0 aromatic carbocycles. The van der Waals surface area contributed by atoms with E-state index in [1.54, 1.807) is 6.26 Å². The fourth-order valence-electron chi connectivity index (χ4n) is 1.76.